The highest BCUT2D eigenvalue weighted by Gasteiger charge is 2.34. The van der Waals surface area contributed by atoms with Crippen molar-refractivity contribution in [1.29, 1.82) is 0 Å². The largest absolute Gasteiger partial charge is 0.455 e. The Hall–Kier alpha value is -2.87. The quantitative estimate of drug-likeness (QED) is 0.302. The maximum Gasteiger partial charge on any atom is 0.228 e. The molecule has 0 unspecified atom stereocenters. The highest BCUT2D eigenvalue weighted by molar-refractivity contribution is 6.07. The van der Waals surface area contributed by atoms with Crippen LogP contribution in [0.4, 0.5) is 0 Å². The SMILES string of the molecule is Cc1c2c(c3c4c(cccc14)CCC3)Oc1cc(C(C)C)cc3cc[n+](C)c-2c13. The molecule has 0 spiro atoms. The first-order valence-corrected chi connectivity index (χ1v) is 10.8. The van der Waals surface area contributed by atoms with E-state index in [0.29, 0.717) is 5.92 Å². The molecule has 0 atom stereocenters. The minimum atomic E-state index is 0.473. The van der Waals surface area contributed by atoms with Gasteiger partial charge in [0, 0.05) is 11.6 Å². The summed E-state index contributed by atoms with van der Waals surface area (Å²) < 4.78 is 9.06. The van der Waals surface area contributed by atoms with E-state index in [9.17, 15) is 0 Å². The van der Waals surface area contributed by atoms with Gasteiger partial charge in [0.25, 0.3) is 0 Å². The lowest BCUT2D eigenvalue weighted by Gasteiger charge is -2.28. The predicted octanol–water partition coefficient (Wildman–Crippen LogP) is 6.51. The van der Waals surface area contributed by atoms with E-state index in [1.807, 2.05) is 0 Å². The van der Waals surface area contributed by atoms with E-state index < -0.39 is 0 Å². The van der Waals surface area contributed by atoms with E-state index in [4.69, 9.17) is 4.74 Å². The average Bonchev–Trinajstić information content (AvgIpc) is 2.73. The van der Waals surface area contributed by atoms with Crippen molar-refractivity contribution in [2.75, 3.05) is 0 Å². The van der Waals surface area contributed by atoms with Crippen molar-refractivity contribution >= 4 is 21.5 Å². The van der Waals surface area contributed by atoms with Gasteiger partial charge in [0.2, 0.25) is 5.69 Å². The van der Waals surface area contributed by atoms with Crippen LogP contribution >= 0.6 is 0 Å². The fourth-order valence-electron chi connectivity index (χ4n) is 5.45. The normalized spacial score (nSPS) is 14.4. The maximum atomic E-state index is 6.78. The molecule has 2 heterocycles. The van der Waals surface area contributed by atoms with Gasteiger partial charge in [-0.15, -0.1) is 0 Å². The standard InChI is InChI=1S/C27H26NO/c1-15(2)19-13-18-11-12-28(4)26-23-16(3)20-9-5-7-17-8-6-10-21(24(17)20)27(23)29-22(14-19)25(18)26/h5,7,9,11-15H,6,8,10H2,1-4H3/q+1. The van der Waals surface area contributed by atoms with E-state index in [1.165, 1.54) is 67.9 Å². The number of hydrogen-bond donors (Lipinski definition) is 0. The molecular weight excluding hydrogens is 354 g/mol. The van der Waals surface area contributed by atoms with Gasteiger partial charge in [-0.1, -0.05) is 38.1 Å². The van der Waals surface area contributed by atoms with Crippen LogP contribution in [0.3, 0.4) is 0 Å². The van der Waals surface area contributed by atoms with Crippen molar-refractivity contribution in [2.45, 2.75) is 46.0 Å². The zero-order chi connectivity index (χ0) is 19.9. The Morgan fingerprint density at radius 2 is 1.90 bits per heavy atom. The van der Waals surface area contributed by atoms with Gasteiger partial charge in [0.15, 0.2) is 6.20 Å². The van der Waals surface area contributed by atoms with E-state index in [2.05, 4.69) is 75.0 Å². The van der Waals surface area contributed by atoms with E-state index in [0.717, 1.165) is 17.9 Å². The maximum absolute atomic E-state index is 6.78. The molecule has 4 aromatic rings. The third-order valence-electron chi connectivity index (χ3n) is 6.94. The number of ether oxygens (including phenoxy) is 1. The number of aryl methyl sites for hydroxylation is 4. The topological polar surface area (TPSA) is 13.1 Å². The number of pyridine rings is 1. The Morgan fingerprint density at radius 3 is 2.72 bits per heavy atom. The summed E-state index contributed by atoms with van der Waals surface area (Å²) in [7, 11) is 2.16. The van der Waals surface area contributed by atoms with Gasteiger partial charge in [-0.25, -0.2) is 4.57 Å². The van der Waals surface area contributed by atoms with Crippen LogP contribution in [0, 0.1) is 6.92 Å². The molecule has 0 N–H and O–H groups in total. The van der Waals surface area contributed by atoms with Crippen LogP contribution in [0.15, 0.2) is 42.6 Å². The molecule has 2 heteroatoms. The molecule has 29 heavy (non-hydrogen) atoms. The average molecular weight is 381 g/mol. The molecule has 0 fully saturated rings. The first-order chi connectivity index (χ1) is 14.0. The Labute approximate surface area is 171 Å². The third-order valence-corrected chi connectivity index (χ3v) is 6.94. The lowest BCUT2D eigenvalue weighted by Crippen LogP contribution is -2.32. The monoisotopic (exact) mass is 380 g/mol. The van der Waals surface area contributed by atoms with Crippen LogP contribution in [0.5, 0.6) is 11.5 Å². The predicted molar refractivity (Wildman–Crippen MR) is 119 cm³/mol. The number of benzene rings is 3. The first kappa shape index (κ1) is 17.0. The van der Waals surface area contributed by atoms with Crippen molar-refractivity contribution in [2.24, 2.45) is 7.05 Å². The zero-order valence-corrected chi connectivity index (χ0v) is 17.6. The molecule has 3 aromatic carbocycles. The van der Waals surface area contributed by atoms with Crippen LogP contribution in [0.25, 0.3) is 32.8 Å². The summed E-state index contributed by atoms with van der Waals surface area (Å²) in [4.78, 5) is 0. The molecule has 2 aliphatic rings. The van der Waals surface area contributed by atoms with Gasteiger partial charge in [0.05, 0.1) is 10.9 Å². The highest BCUT2D eigenvalue weighted by Crippen LogP contribution is 2.52. The second-order valence-corrected chi connectivity index (χ2v) is 9.02. The van der Waals surface area contributed by atoms with Crippen molar-refractivity contribution in [3.05, 3.63) is 64.8 Å². The summed E-state index contributed by atoms with van der Waals surface area (Å²) in [5.74, 6) is 2.59. The van der Waals surface area contributed by atoms with Crippen LogP contribution < -0.4 is 9.30 Å². The highest BCUT2D eigenvalue weighted by atomic mass is 16.5. The summed E-state index contributed by atoms with van der Waals surface area (Å²) in [6.45, 7) is 6.77. The molecule has 0 amide bonds. The molecule has 1 aliphatic heterocycles. The number of nitrogens with zero attached hydrogens (tertiary/aromatic N) is 1. The molecule has 0 saturated carbocycles. The van der Waals surface area contributed by atoms with Crippen LogP contribution in [0.2, 0.25) is 0 Å². The molecule has 0 radical (unpaired) electrons. The van der Waals surface area contributed by atoms with Gasteiger partial charge < -0.3 is 4.74 Å². The lowest BCUT2D eigenvalue weighted by atomic mass is 9.82. The molecular formula is C27H26NO+. The van der Waals surface area contributed by atoms with Crippen molar-refractivity contribution in [1.82, 2.24) is 0 Å². The molecule has 1 aliphatic carbocycles. The fraction of sp³-hybridized carbons (Fsp3) is 0.296. The minimum absolute atomic E-state index is 0.473. The lowest BCUT2D eigenvalue weighted by molar-refractivity contribution is -0.659. The van der Waals surface area contributed by atoms with E-state index in [1.54, 1.807) is 0 Å². The second-order valence-electron chi connectivity index (χ2n) is 9.02. The molecule has 2 nitrogen and oxygen atoms in total. The molecule has 0 bridgehead atoms. The molecule has 144 valence electrons. The third kappa shape index (κ3) is 2.20. The Bertz CT molecular complexity index is 1350. The number of hydrogen-bond acceptors (Lipinski definition) is 1. The van der Waals surface area contributed by atoms with Gasteiger partial charge in [-0.3, -0.25) is 0 Å². The Balaban J connectivity index is 1.81. The number of rotatable bonds is 1. The summed E-state index contributed by atoms with van der Waals surface area (Å²) >= 11 is 0. The van der Waals surface area contributed by atoms with Gasteiger partial charge in [-0.2, -0.15) is 0 Å². The van der Waals surface area contributed by atoms with Crippen molar-refractivity contribution in [3.63, 3.8) is 0 Å². The molecule has 6 rings (SSSR count). The summed E-state index contributed by atoms with van der Waals surface area (Å²) in [6.07, 6.45) is 5.65. The van der Waals surface area contributed by atoms with E-state index >= 15 is 0 Å². The zero-order valence-electron chi connectivity index (χ0n) is 17.6. The Morgan fingerprint density at radius 1 is 1.03 bits per heavy atom. The van der Waals surface area contributed by atoms with Gasteiger partial charge in [0.1, 0.15) is 18.5 Å². The first-order valence-electron chi connectivity index (χ1n) is 10.8. The summed E-state index contributed by atoms with van der Waals surface area (Å²) in [6, 6.07) is 13.6. The van der Waals surface area contributed by atoms with E-state index in [-0.39, 0.29) is 0 Å². The molecule has 0 saturated heterocycles. The van der Waals surface area contributed by atoms with Crippen molar-refractivity contribution in [3.8, 4) is 22.8 Å². The van der Waals surface area contributed by atoms with Crippen molar-refractivity contribution < 1.29 is 9.30 Å². The summed E-state index contributed by atoms with van der Waals surface area (Å²) in [5, 5.41) is 5.34. The van der Waals surface area contributed by atoms with Gasteiger partial charge >= 0.3 is 0 Å². The van der Waals surface area contributed by atoms with Crippen LogP contribution in [-0.2, 0) is 19.9 Å². The fourth-order valence-corrected chi connectivity index (χ4v) is 5.45. The Kier molecular flexibility index (Phi) is 3.42. The molecule has 1 aromatic heterocycles. The number of fused-ring (bicyclic) bond motifs is 3. The number of aromatic nitrogens is 1. The van der Waals surface area contributed by atoms with Crippen LogP contribution in [0.1, 0.15) is 48.4 Å². The second kappa shape index (κ2) is 5.82. The van der Waals surface area contributed by atoms with Gasteiger partial charge in [-0.05, 0) is 71.0 Å². The van der Waals surface area contributed by atoms with Crippen LogP contribution in [-0.4, -0.2) is 0 Å². The minimum Gasteiger partial charge on any atom is -0.455 e. The summed E-state index contributed by atoms with van der Waals surface area (Å²) in [5.41, 5.74) is 8.12. The smallest absolute Gasteiger partial charge is 0.228 e.